The number of H-pyrrole nitrogens is 1. The Bertz CT molecular complexity index is 7710. The number of carbonyl (C=O) groups excluding carboxylic acids is 4. The monoisotopic (exact) mass is 1950 g/mol. The van der Waals surface area contributed by atoms with Gasteiger partial charge in [0.2, 0.25) is 0 Å². The van der Waals surface area contributed by atoms with E-state index in [2.05, 4.69) is 46.2 Å². The minimum Gasteiger partial charge on any atom is -0.362 e. The molecule has 7 aromatic heterocycles. The zero-order valence-electron chi connectivity index (χ0n) is 75.5. The van der Waals surface area contributed by atoms with E-state index in [0.717, 1.165) is 94.1 Å². The lowest BCUT2D eigenvalue weighted by atomic mass is 10.0. The summed E-state index contributed by atoms with van der Waals surface area (Å²) in [6.45, 7) is 13.7. The lowest BCUT2D eigenvalue weighted by molar-refractivity contribution is 0.101. The van der Waals surface area contributed by atoms with Gasteiger partial charge in [0, 0.05) is 126 Å². The summed E-state index contributed by atoms with van der Waals surface area (Å²) in [5.41, 5.74) is 21.6. The molecule has 16 aromatic rings. The summed E-state index contributed by atoms with van der Waals surface area (Å²) in [5.74, 6) is -2.51. The van der Waals surface area contributed by atoms with Crippen molar-refractivity contribution in [3.05, 3.63) is 334 Å². The first-order valence-corrected chi connectivity index (χ1v) is 50.5. The Labute approximate surface area is 801 Å². The Balaban J connectivity index is 0.000000127. The summed E-state index contributed by atoms with van der Waals surface area (Å²) >= 11 is 6.44. The number of sulfonamides is 4. The average molecular weight is 1950 g/mol. The molecule has 20 rings (SSSR count). The Morgan fingerprint density at radius 3 is 1.27 bits per heavy atom. The van der Waals surface area contributed by atoms with Gasteiger partial charge in [0.25, 0.3) is 63.7 Å². The van der Waals surface area contributed by atoms with Gasteiger partial charge >= 0.3 is 0 Å². The molecule has 0 saturated carbocycles. The smallest absolute Gasteiger partial charge is 0.259 e. The number of hydrogen-bond acceptors (Lipinski definition) is 22. The summed E-state index contributed by atoms with van der Waals surface area (Å²) < 4.78 is 124. The van der Waals surface area contributed by atoms with Gasteiger partial charge in [-0.1, -0.05) is 54.1 Å². The number of aromatic amines is 1. The number of nitrogens with zero attached hydrogens (tertiary/aromatic N) is 10. The minimum atomic E-state index is -3.53. The third-order valence-corrected chi connectivity index (χ3v) is 30.0. The number of ether oxygens (including phenoxy) is 4. The van der Waals surface area contributed by atoms with Crippen LogP contribution in [0, 0.1) is 41.5 Å². The Morgan fingerprint density at radius 2 is 0.768 bits per heavy atom. The highest BCUT2D eigenvalue weighted by Crippen LogP contribution is 2.38. The predicted octanol–water partition coefficient (Wildman–Crippen LogP) is 17.7. The molecular weight excluding hydrogens is 1850 g/mol. The Morgan fingerprint density at radius 1 is 0.348 bits per heavy atom. The van der Waals surface area contributed by atoms with Crippen LogP contribution in [0.15, 0.2) is 274 Å². The van der Waals surface area contributed by atoms with E-state index in [9.17, 15) is 52.8 Å². The first-order chi connectivity index (χ1) is 66.4. The molecule has 31 nitrogen and oxygen atoms in total. The number of carbonyl (C=O) groups is 4. The summed E-state index contributed by atoms with van der Waals surface area (Å²) in [6.07, 6.45) is 10.5. The number of pyridine rings is 6. The first kappa shape index (κ1) is 95.0. The molecule has 4 amide bonds. The van der Waals surface area contributed by atoms with Crippen LogP contribution in [0.4, 0.5) is 45.5 Å². The van der Waals surface area contributed by atoms with E-state index in [-0.39, 0.29) is 73.6 Å². The van der Waals surface area contributed by atoms with Gasteiger partial charge in [0.05, 0.1) is 125 Å². The van der Waals surface area contributed by atoms with Crippen LogP contribution in [0.25, 0.3) is 88.6 Å². The number of nitrogens with one attached hydrogen (secondary N) is 5. The van der Waals surface area contributed by atoms with Crippen molar-refractivity contribution in [3.63, 3.8) is 0 Å². The number of amides is 4. The number of anilines is 8. The van der Waals surface area contributed by atoms with Gasteiger partial charge in [-0.25, -0.2) is 43.6 Å². The summed E-state index contributed by atoms with van der Waals surface area (Å²) in [7, 11) is -14.1. The second-order valence-corrected chi connectivity index (χ2v) is 40.7. The van der Waals surface area contributed by atoms with Crippen LogP contribution < -0.4 is 38.5 Å². The fraction of sp³-hybridized carbons (Fsp3) is 0.176. The fourth-order valence-corrected chi connectivity index (χ4v) is 21.6. The third-order valence-electron chi connectivity index (χ3n) is 23.5. The molecule has 36 heteroatoms. The molecule has 5 N–H and O–H groups in total. The largest absolute Gasteiger partial charge is 0.362 e. The minimum absolute atomic E-state index is 0.239. The molecule has 11 heterocycles. The third kappa shape index (κ3) is 21.2. The second-order valence-electron chi connectivity index (χ2n) is 33.0. The molecular formula is C102H92ClN15O16S4. The van der Waals surface area contributed by atoms with E-state index in [0.29, 0.717) is 127 Å². The molecule has 0 atom stereocenters. The number of para-hydroxylation sites is 1. The van der Waals surface area contributed by atoms with E-state index >= 15 is 0 Å². The Kier molecular flexibility index (Phi) is 28.0. The molecule has 138 heavy (non-hydrogen) atoms. The van der Waals surface area contributed by atoms with Crippen molar-refractivity contribution in [2.24, 2.45) is 0 Å². The number of fused-ring (bicyclic) bond motifs is 4. The van der Waals surface area contributed by atoms with Crippen molar-refractivity contribution < 1.29 is 71.8 Å². The van der Waals surface area contributed by atoms with Gasteiger partial charge in [0.15, 0.2) is 23.8 Å². The van der Waals surface area contributed by atoms with Crippen LogP contribution in [0.5, 0.6) is 0 Å². The van der Waals surface area contributed by atoms with Gasteiger partial charge in [-0.3, -0.25) is 56.3 Å². The van der Waals surface area contributed by atoms with Crippen molar-refractivity contribution in [1.82, 2.24) is 34.9 Å². The maximum atomic E-state index is 13.1. The molecule has 9 aromatic carbocycles. The van der Waals surface area contributed by atoms with E-state index < -0.39 is 40.1 Å². The van der Waals surface area contributed by atoms with Crippen LogP contribution in [0.1, 0.15) is 74.8 Å². The molecule has 4 aliphatic rings. The van der Waals surface area contributed by atoms with Crippen LogP contribution >= 0.6 is 11.6 Å². The molecule has 0 aliphatic carbocycles. The van der Waals surface area contributed by atoms with Gasteiger partial charge in [-0.15, -0.1) is 0 Å². The standard InChI is InChI=1S/C27H25N3O4S.2C26H24N4O4S.C23H19ClN4O4S/c1-18-7-9-21(16-24(18)26-12-8-20-5-3-4-6-25(20)29-26)28-27(31)23-11-10-22(15-19(23)2)30-13-14-34-17-35(30,32)33;1-17-3-5-20(14-23(17)25-8-4-19-15-27-10-9-24(19)29-25)28-26(31)22-7-6-21(13-18(22)2)30-11-12-34-16-35(30,32)33;1-17-5-6-19(15-23(17)25-22-4-3-10-27-24(22)9-11-28-25)29-26(31)21-8-7-20(14-18(21)2)30-12-13-34-16-35(30,32)33;24-20-6-3-17(13-19(20)22-21-15(7-9-25-21)8-10-26-22)27-23(29)16-1-4-18(5-2-16)28-11-12-32-14-33(28,30)31/h3-12,15-16H,13-14,17H2,1-2H3,(H,28,31);3-10,13-15H,11-12,16H2,1-2H3,(H,28,31);3-11,14-15H,12-13,16H2,1-2H3,(H,29,31);1-10,13,25H,11-12,14H2,(H,27,29). The van der Waals surface area contributed by atoms with Gasteiger partial charge in [0.1, 0.15) is 0 Å². The van der Waals surface area contributed by atoms with Crippen molar-refractivity contribution in [2.45, 2.75) is 41.5 Å². The molecule has 4 fully saturated rings. The van der Waals surface area contributed by atoms with Crippen LogP contribution in [-0.4, -0.2) is 169 Å². The van der Waals surface area contributed by atoms with Crippen LogP contribution in [0.2, 0.25) is 5.02 Å². The summed E-state index contributed by atoms with van der Waals surface area (Å²) in [6, 6.07) is 71.2. The number of aromatic nitrogens is 7. The van der Waals surface area contributed by atoms with Crippen LogP contribution in [0.3, 0.4) is 0 Å². The van der Waals surface area contributed by atoms with Crippen molar-refractivity contribution in [3.8, 4) is 45.0 Å². The Hall–Kier alpha value is -14.8. The number of rotatable bonds is 16. The second kappa shape index (κ2) is 40.6. The normalized spacial score (nSPS) is 15.3. The quantitative estimate of drug-likeness (QED) is 0.0600. The number of benzene rings is 9. The topological polar surface area (TPSA) is 396 Å². The number of aryl methyl sites for hydroxylation is 6. The summed E-state index contributed by atoms with van der Waals surface area (Å²) in [5, 5.41) is 16.2. The lowest BCUT2D eigenvalue weighted by Crippen LogP contribution is -2.41. The van der Waals surface area contributed by atoms with Crippen molar-refractivity contribution >= 4 is 164 Å². The highest BCUT2D eigenvalue weighted by atomic mass is 35.5. The van der Waals surface area contributed by atoms with Gasteiger partial charge in [-0.05, 0) is 269 Å². The maximum absolute atomic E-state index is 13.1. The van der Waals surface area contributed by atoms with E-state index in [1.165, 1.54) is 17.2 Å². The van der Waals surface area contributed by atoms with E-state index in [1.807, 2.05) is 166 Å². The molecule has 0 spiro atoms. The molecule has 0 bridgehead atoms. The number of hydrogen-bond donors (Lipinski definition) is 5. The number of halogens is 1. The summed E-state index contributed by atoms with van der Waals surface area (Å²) in [4.78, 5) is 82.4. The maximum Gasteiger partial charge on any atom is 0.259 e. The zero-order valence-corrected chi connectivity index (χ0v) is 79.5. The molecule has 0 radical (unpaired) electrons. The fourth-order valence-electron chi connectivity index (χ4n) is 16.4. The van der Waals surface area contributed by atoms with Crippen molar-refractivity contribution in [2.75, 3.05) is 115 Å². The SMILES string of the molecule is Cc1cc(N2CCOCS2(=O)=O)ccc1C(=O)Nc1ccc(C)c(-c2ccc3ccccc3n2)c1.Cc1cc(N2CCOCS2(=O)=O)ccc1C(=O)Nc1ccc(C)c(-c2ccc3cnccc3n2)c1.Cc1cc(N2CCOCS2(=O)=O)ccc1C(=O)Nc1ccc(C)c(-c2nccc3ncccc23)c1.O=C(Nc1ccc(Cl)c(-c2nccc3cc[nH]c23)c1)c1ccc(N2CCOCS2(=O)=O)cc1. The van der Waals surface area contributed by atoms with E-state index in [1.54, 1.807) is 149 Å². The molecule has 4 saturated heterocycles. The molecule has 4 aliphatic heterocycles. The molecule has 0 unspecified atom stereocenters. The van der Waals surface area contributed by atoms with Crippen molar-refractivity contribution in [1.29, 1.82) is 0 Å². The highest BCUT2D eigenvalue weighted by Gasteiger charge is 2.33. The highest BCUT2D eigenvalue weighted by molar-refractivity contribution is 7.93. The van der Waals surface area contributed by atoms with Gasteiger partial charge in [-0.2, -0.15) is 0 Å². The van der Waals surface area contributed by atoms with Crippen LogP contribution in [-0.2, 0) is 59.0 Å². The first-order valence-electron chi connectivity index (χ1n) is 43.7. The lowest BCUT2D eigenvalue weighted by Gasteiger charge is -2.28. The zero-order chi connectivity index (χ0) is 96.7. The van der Waals surface area contributed by atoms with Gasteiger partial charge < -0.3 is 45.2 Å². The average Bonchev–Trinajstić information content (AvgIpc) is 0.967. The molecule has 702 valence electrons. The predicted molar refractivity (Wildman–Crippen MR) is 538 cm³/mol. The van der Waals surface area contributed by atoms with E-state index in [4.69, 9.17) is 40.5 Å².